The standard InChI is InChI=1S/C24H33N3O.C23H29N3O4S/c1-3-27-14-8-11-19-16-23(28-2)20(15-22(19)27)17-26-21-12-7-13-25-24(21)18-9-5-4-6-10-18;1-30-21-14-17-10-11-22(27)26(31(2,28)29)20(17)13-18(21)15-25-19-9-6-12-24-23(19)16-7-4-3-5-8-16/h4-6,9-10,15-16,21,24-26H,3,7-8,11-14,17H2,1-2H3;3-5,7-8,13-14,19,23-25H,6,9-12,15H2,1-2H3. The molecule has 8 rings (SSSR count). The minimum absolute atomic E-state index is 0.174. The van der Waals surface area contributed by atoms with Gasteiger partial charge in [0.15, 0.2) is 0 Å². The van der Waals surface area contributed by atoms with E-state index in [1.165, 1.54) is 47.2 Å². The molecule has 4 N–H and O–H groups in total. The summed E-state index contributed by atoms with van der Waals surface area (Å²) in [5.41, 5.74) is 8.79. The first-order valence-electron chi connectivity index (χ1n) is 21.4. The lowest BCUT2D eigenvalue weighted by Gasteiger charge is -2.34. The summed E-state index contributed by atoms with van der Waals surface area (Å²) in [4.78, 5) is 14.9. The van der Waals surface area contributed by atoms with E-state index < -0.39 is 10.0 Å². The minimum Gasteiger partial charge on any atom is -0.496 e. The Kier molecular flexibility index (Phi) is 14.3. The molecule has 2 saturated heterocycles. The molecule has 11 nitrogen and oxygen atoms in total. The smallest absolute Gasteiger partial charge is 0.241 e. The molecule has 0 radical (unpaired) electrons. The molecule has 2 fully saturated rings. The number of aryl methyl sites for hydroxylation is 2. The highest BCUT2D eigenvalue weighted by Crippen LogP contribution is 2.37. The largest absolute Gasteiger partial charge is 0.496 e. The number of carbonyl (C=O) groups excluding carboxylic acids is 1. The highest BCUT2D eigenvalue weighted by atomic mass is 32.2. The maximum absolute atomic E-state index is 12.4. The molecule has 4 aliphatic rings. The van der Waals surface area contributed by atoms with E-state index >= 15 is 0 Å². The molecule has 12 heteroatoms. The number of fused-ring (bicyclic) bond motifs is 2. The fraction of sp³-hybridized carbons (Fsp3) is 0.468. The van der Waals surface area contributed by atoms with Crippen molar-refractivity contribution in [3.05, 3.63) is 118 Å². The van der Waals surface area contributed by atoms with E-state index in [1.807, 2.05) is 24.3 Å². The van der Waals surface area contributed by atoms with E-state index in [0.29, 0.717) is 36.5 Å². The Balaban J connectivity index is 0.000000180. The quantitative estimate of drug-likeness (QED) is 0.125. The zero-order valence-corrected chi connectivity index (χ0v) is 36.0. The second kappa shape index (κ2) is 19.7. The van der Waals surface area contributed by atoms with Crippen LogP contribution in [0, 0.1) is 0 Å². The molecule has 4 aromatic rings. The van der Waals surface area contributed by atoms with Gasteiger partial charge in [0.05, 0.1) is 26.2 Å². The maximum atomic E-state index is 12.4. The first-order valence-corrected chi connectivity index (χ1v) is 23.2. The van der Waals surface area contributed by atoms with Gasteiger partial charge in [-0.3, -0.25) is 4.79 Å². The van der Waals surface area contributed by atoms with Gasteiger partial charge in [0.1, 0.15) is 11.5 Å². The predicted octanol–water partition coefficient (Wildman–Crippen LogP) is 6.57. The van der Waals surface area contributed by atoms with Crippen molar-refractivity contribution in [1.29, 1.82) is 0 Å². The Morgan fingerprint density at radius 1 is 0.695 bits per heavy atom. The van der Waals surface area contributed by atoms with Gasteiger partial charge in [-0.15, -0.1) is 0 Å². The van der Waals surface area contributed by atoms with Crippen LogP contribution in [0.5, 0.6) is 11.5 Å². The van der Waals surface area contributed by atoms with E-state index in [9.17, 15) is 13.2 Å². The van der Waals surface area contributed by atoms with Gasteiger partial charge in [-0.2, -0.15) is 0 Å². The number of hydrogen-bond acceptors (Lipinski definition) is 10. The Labute approximate surface area is 351 Å². The molecule has 4 atom stereocenters. The second-order valence-electron chi connectivity index (χ2n) is 16.1. The number of amides is 1. The van der Waals surface area contributed by atoms with E-state index in [0.717, 1.165) is 79.4 Å². The van der Waals surface area contributed by atoms with E-state index in [1.54, 1.807) is 20.3 Å². The zero-order chi connectivity index (χ0) is 41.4. The van der Waals surface area contributed by atoms with Crippen LogP contribution >= 0.6 is 0 Å². The number of sulfonamides is 1. The fourth-order valence-corrected chi connectivity index (χ4v) is 10.3. The third-order valence-corrected chi connectivity index (χ3v) is 13.4. The lowest BCUT2D eigenvalue weighted by molar-refractivity contribution is -0.117. The van der Waals surface area contributed by atoms with Crippen molar-refractivity contribution in [1.82, 2.24) is 21.3 Å². The molecule has 0 spiro atoms. The first-order chi connectivity index (χ1) is 28.7. The number of piperidine rings is 2. The average Bonchev–Trinajstić information content (AvgIpc) is 3.27. The number of carbonyl (C=O) groups is 1. The molecule has 4 aromatic carbocycles. The molecule has 4 heterocycles. The highest BCUT2D eigenvalue weighted by molar-refractivity contribution is 7.92. The summed E-state index contributed by atoms with van der Waals surface area (Å²) >= 11 is 0. The van der Waals surface area contributed by atoms with Gasteiger partial charge in [-0.1, -0.05) is 60.7 Å². The van der Waals surface area contributed by atoms with Crippen molar-refractivity contribution >= 4 is 27.3 Å². The predicted molar refractivity (Wildman–Crippen MR) is 237 cm³/mol. The van der Waals surface area contributed by atoms with E-state index in [-0.39, 0.29) is 24.4 Å². The number of hydrogen-bond donors (Lipinski definition) is 4. The molecular weight excluding hydrogens is 761 g/mol. The molecule has 59 heavy (non-hydrogen) atoms. The molecule has 316 valence electrons. The Bertz CT molecular complexity index is 2140. The topological polar surface area (TPSA) is 124 Å². The Morgan fingerprint density at radius 2 is 1.20 bits per heavy atom. The highest BCUT2D eigenvalue weighted by Gasteiger charge is 2.33. The van der Waals surface area contributed by atoms with Crippen LogP contribution < -0.4 is 39.9 Å². The van der Waals surface area contributed by atoms with Crippen LogP contribution in [0.4, 0.5) is 11.4 Å². The minimum atomic E-state index is -3.69. The Morgan fingerprint density at radius 3 is 1.69 bits per heavy atom. The molecule has 4 unspecified atom stereocenters. The van der Waals surface area contributed by atoms with E-state index in [2.05, 4.69) is 87.7 Å². The van der Waals surface area contributed by atoms with Crippen molar-refractivity contribution in [2.75, 3.05) is 55.9 Å². The summed E-state index contributed by atoms with van der Waals surface area (Å²) in [7, 11) is -0.287. The normalized spacial score (nSPS) is 21.8. The summed E-state index contributed by atoms with van der Waals surface area (Å²) in [5.74, 6) is 1.33. The summed E-state index contributed by atoms with van der Waals surface area (Å²) < 4.78 is 36.9. The first kappa shape index (κ1) is 42.7. The van der Waals surface area contributed by atoms with E-state index in [4.69, 9.17) is 9.47 Å². The van der Waals surface area contributed by atoms with Crippen LogP contribution in [-0.4, -0.2) is 73.1 Å². The zero-order valence-electron chi connectivity index (χ0n) is 35.1. The number of methoxy groups -OCH3 is 2. The van der Waals surface area contributed by atoms with Crippen molar-refractivity contribution in [2.24, 2.45) is 0 Å². The number of benzene rings is 4. The van der Waals surface area contributed by atoms with Crippen LogP contribution in [0.15, 0.2) is 84.9 Å². The average molecular weight is 823 g/mol. The van der Waals surface area contributed by atoms with Crippen molar-refractivity contribution in [2.45, 2.75) is 95.5 Å². The van der Waals surface area contributed by atoms with Gasteiger partial charge >= 0.3 is 0 Å². The fourth-order valence-electron chi connectivity index (χ4n) is 9.32. The summed E-state index contributed by atoms with van der Waals surface area (Å²) in [5, 5.41) is 14.8. The number of ether oxygens (including phenoxy) is 2. The molecule has 0 saturated carbocycles. The number of rotatable bonds is 12. The maximum Gasteiger partial charge on any atom is 0.241 e. The van der Waals surface area contributed by atoms with Gasteiger partial charge in [0, 0.05) is 73.6 Å². The molecule has 0 aromatic heterocycles. The Hall–Kier alpha value is -4.46. The number of nitrogens with one attached hydrogen (secondary N) is 4. The van der Waals surface area contributed by atoms with Crippen LogP contribution in [0.3, 0.4) is 0 Å². The second-order valence-corrected chi connectivity index (χ2v) is 18.0. The van der Waals surface area contributed by atoms with Crippen LogP contribution in [-0.2, 0) is 40.7 Å². The third kappa shape index (κ3) is 10.1. The molecule has 4 aliphatic heterocycles. The summed E-state index contributed by atoms with van der Waals surface area (Å²) in [6, 6.07) is 30.7. The van der Waals surface area contributed by atoms with Crippen LogP contribution in [0.25, 0.3) is 0 Å². The monoisotopic (exact) mass is 822 g/mol. The summed E-state index contributed by atoms with van der Waals surface area (Å²) in [6.45, 7) is 7.88. The van der Waals surface area contributed by atoms with Gasteiger partial charge in [-0.05, 0) is 111 Å². The summed E-state index contributed by atoms with van der Waals surface area (Å²) in [6.07, 6.45) is 8.66. The van der Waals surface area contributed by atoms with Crippen molar-refractivity contribution in [3.63, 3.8) is 0 Å². The third-order valence-electron chi connectivity index (χ3n) is 12.3. The van der Waals surface area contributed by atoms with Crippen LogP contribution in [0.1, 0.15) is 90.9 Å². The molecule has 0 bridgehead atoms. The molecular formula is C47H62N6O5S. The number of anilines is 2. The number of nitrogens with zero attached hydrogens (tertiary/aromatic N) is 2. The van der Waals surface area contributed by atoms with Crippen molar-refractivity contribution in [3.8, 4) is 11.5 Å². The van der Waals surface area contributed by atoms with Gasteiger partial charge < -0.3 is 35.6 Å². The lowest BCUT2D eigenvalue weighted by Crippen LogP contribution is -2.45. The van der Waals surface area contributed by atoms with Crippen molar-refractivity contribution < 1.29 is 22.7 Å². The molecule has 1 amide bonds. The van der Waals surface area contributed by atoms with Gasteiger partial charge in [-0.25, -0.2) is 12.7 Å². The van der Waals surface area contributed by atoms with Gasteiger partial charge in [0.2, 0.25) is 15.9 Å². The molecule has 0 aliphatic carbocycles. The lowest BCUT2D eigenvalue weighted by atomic mass is 9.92. The van der Waals surface area contributed by atoms with Crippen LogP contribution in [0.2, 0.25) is 0 Å². The SMILES string of the molecule is CCN1CCCc2cc(OC)c(CNC3CCCNC3c3ccccc3)cc21.COc1cc2c(cc1CNC1CCCNC1c1ccccc1)N(S(C)(=O)=O)C(=O)CC2. The van der Waals surface area contributed by atoms with Gasteiger partial charge in [0.25, 0.3) is 0 Å².